The van der Waals surface area contributed by atoms with Crippen molar-refractivity contribution in [3.8, 4) is 0 Å². The molecule has 0 aromatic heterocycles. The predicted molar refractivity (Wildman–Crippen MR) is 65.2 cm³/mol. The molecule has 0 saturated heterocycles. The van der Waals surface area contributed by atoms with Crippen LogP contribution in [-0.4, -0.2) is 41.4 Å². The quantitative estimate of drug-likeness (QED) is 0.571. The maximum Gasteiger partial charge on any atom is 0.405 e. The van der Waals surface area contributed by atoms with Gasteiger partial charge in [0.2, 0.25) is 5.91 Å². The summed E-state index contributed by atoms with van der Waals surface area (Å²) < 4.78 is 0. The van der Waals surface area contributed by atoms with Crippen LogP contribution in [0.4, 0.5) is 4.79 Å². The Kier molecular flexibility index (Phi) is 5.66. The van der Waals surface area contributed by atoms with Gasteiger partial charge in [-0.1, -0.05) is 30.3 Å². The number of hydrogen-bond donors (Lipinski definition) is 4. The minimum atomic E-state index is -1.25. The summed E-state index contributed by atoms with van der Waals surface area (Å²) in [6.45, 7) is -0.0811. The van der Waals surface area contributed by atoms with Gasteiger partial charge in [-0.05, 0) is 5.56 Å². The molecule has 0 aliphatic heterocycles. The molecule has 1 atom stereocenters. The van der Waals surface area contributed by atoms with Crippen LogP contribution >= 0.6 is 0 Å². The lowest BCUT2D eigenvalue weighted by molar-refractivity contribution is -0.123. The van der Waals surface area contributed by atoms with E-state index in [1.165, 1.54) is 0 Å². The van der Waals surface area contributed by atoms with Crippen LogP contribution in [0.5, 0.6) is 0 Å². The highest BCUT2D eigenvalue weighted by Crippen LogP contribution is 2.03. The summed E-state index contributed by atoms with van der Waals surface area (Å²) in [4.78, 5) is 22.3. The summed E-state index contributed by atoms with van der Waals surface area (Å²) in [5.41, 5.74) is 0.857. The molecule has 18 heavy (non-hydrogen) atoms. The Hall–Kier alpha value is -2.08. The molecule has 1 rings (SSSR count). The highest BCUT2D eigenvalue weighted by atomic mass is 16.4. The molecule has 0 spiro atoms. The molecule has 4 N–H and O–H groups in total. The van der Waals surface area contributed by atoms with E-state index in [1.54, 1.807) is 0 Å². The van der Waals surface area contributed by atoms with Gasteiger partial charge in [0.05, 0.1) is 6.61 Å². The SMILES string of the molecule is O=C(O)NC(Cc1ccccc1)C(=O)NCCO. The molecular weight excluding hydrogens is 236 g/mol. The summed E-state index contributed by atoms with van der Waals surface area (Å²) in [6, 6.07) is 8.24. The van der Waals surface area contributed by atoms with Crippen LogP contribution in [-0.2, 0) is 11.2 Å². The van der Waals surface area contributed by atoms with E-state index in [0.717, 1.165) is 5.56 Å². The fourth-order valence-corrected chi connectivity index (χ4v) is 1.51. The standard InChI is InChI=1S/C12H16N2O4/c15-7-6-13-11(16)10(14-12(17)18)8-9-4-2-1-3-5-9/h1-5,10,14-15H,6-8H2,(H,13,16)(H,17,18). The van der Waals surface area contributed by atoms with Crippen LogP contribution < -0.4 is 10.6 Å². The first-order valence-electron chi connectivity index (χ1n) is 5.55. The van der Waals surface area contributed by atoms with Gasteiger partial charge in [0.15, 0.2) is 0 Å². The Morgan fingerprint density at radius 1 is 1.22 bits per heavy atom. The second kappa shape index (κ2) is 7.29. The van der Waals surface area contributed by atoms with E-state index in [1.807, 2.05) is 30.3 Å². The Bertz CT molecular complexity index is 394. The average molecular weight is 252 g/mol. The van der Waals surface area contributed by atoms with Crippen molar-refractivity contribution in [2.75, 3.05) is 13.2 Å². The van der Waals surface area contributed by atoms with Crippen molar-refractivity contribution in [1.82, 2.24) is 10.6 Å². The fourth-order valence-electron chi connectivity index (χ4n) is 1.51. The van der Waals surface area contributed by atoms with Crippen molar-refractivity contribution >= 4 is 12.0 Å². The van der Waals surface area contributed by atoms with Crippen molar-refractivity contribution in [1.29, 1.82) is 0 Å². The molecule has 6 heteroatoms. The van der Waals surface area contributed by atoms with Gasteiger partial charge in [-0.2, -0.15) is 0 Å². The van der Waals surface area contributed by atoms with Crippen molar-refractivity contribution in [3.05, 3.63) is 35.9 Å². The van der Waals surface area contributed by atoms with Gasteiger partial charge in [-0.15, -0.1) is 0 Å². The molecule has 1 aromatic rings. The lowest BCUT2D eigenvalue weighted by Gasteiger charge is -2.16. The molecule has 2 amide bonds. The second-order valence-electron chi connectivity index (χ2n) is 3.71. The molecule has 0 aliphatic carbocycles. The first-order chi connectivity index (χ1) is 8.63. The number of rotatable bonds is 6. The number of carbonyl (C=O) groups excluding carboxylic acids is 1. The Labute approximate surface area is 105 Å². The van der Waals surface area contributed by atoms with Crippen molar-refractivity contribution in [2.45, 2.75) is 12.5 Å². The molecule has 0 fully saturated rings. The van der Waals surface area contributed by atoms with Crippen LogP contribution in [0.1, 0.15) is 5.56 Å². The van der Waals surface area contributed by atoms with Gasteiger partial charge in [-0.25, -0.2) is 4.79 Å². The molecule has 98 valence electrons. The normalized spacial score (nSPS) is 11.6. The zero-order valence-corrected chi connectivity index (χ0v) is 9.80. The van der Waals surface area contributed by atoms with E-state index in [-0.39, 0.29) is 19.6 Å². The predicted octanol–water partition coefficient (Wildman–Crippen LogP) is -0.0262. The molecule has 1 unspecified atom stereocenters. The van der Waals surface area contributed by atoms with Crippen molar-refractivity contribution in [3.63, 3.8) is 0 Å². The van der Waals surface area contributed by atoms with Crippen molar-refractivity contribution < 1.29 is 19.8 Å². The third kappa shape index (κ3) is 4.84. The maximum absolute atomic E-state index is 11.7. The highest BCUT2D eigenvalue weighted by molar-refractivity contribution is 5.85. The van der Waals surface area contributed by atoms with E-state index < -0.39 is 18.0 Å². The molecule has 0 saturated carbocycles. The summed E-state index contributed by atoms with van der Waals surface area (Å²) in [6.07, 6.45) is -0.986. The van der Waals surface area contributed by atoms with Crippen LogP contribution in [0.2, 0.25) is 0 Å². The number of hydrogen-bond acceptors (Lipinski definition) is 3. The first kappa shape index (κ1) is 14.0. The topological polar surface area (TPSA) is 98.7 Å². The monoisotopic (exact) mass is 252 g/mol. The lowest BCUT2D eigenvalue weighted by Crippen LogP contribution is -2.48. The number of amides is 2. The molecule has 0 aliphatic rings. The van der Waals surface area contributed by atoms with E-state index in [9.17, 15) is 9.59 Å². The van der Waals surface area contributed by atoms with Crippen LogP contribution in [0.3, 0.4) is 0 Å². The zero-order chi connectivity index (χ0) is 13.4. The molecular formula is C12H16N2O4. The third-order valence-electron chi connectivity index (χ3n) is 2.31. The lowest BCUT2D eigenvalue weighted by atomic mass is 10.1. The van der Waals surface area contributed by atoms with Gasteiger partial charge in [0, 0.05) is 13.0 Å². The van der Waals surface area contributed by atoms with E-state index in [2.05, 4.69) is 10.6 Å². The van der Waals surface area contributed by atoms with E-state index in [0.29, 0.717) is 0 Å². The number of benzene rings is 1. The van der Waals surface area contributed by atoms with Gasteiger partial charge < -0.3 is 20.8 Å². The van der Waals surface area contributed by atoms with Gasteiger partial charge in [0.1, 0.15) is 6.04 Å². The minimum absolute atomic E-state index is 0.103. The first-order valence-corrected chi connectivity index (χ1v) is 5.55. The second-order valence-corrected chi connectivity index (χ2v) is 3.71. The fraction of sp³-hybridized carbons (Fsp3) is 0.333. The van der Waals surface area contributed by atoms with Gasteiger partial charge >= 0.3 is 6.09 Å². The summed E-state index contributed by atoms with van der Waals surface area (Å²) in [5, 5.41) is 21.9. The highest BCUT2D eigenvalue weighted by Gasteiger charge is 2.20. The number of nitrogens with one attached hydrogen (secondary N) is 2. The Balaban J connectivity index is 2.66. The van der Waals surface area contributed by atoms with Crippen LogP contribution in [0, 0.1) is 0 Å². The van der Waals surface area contributed by atoms with Crippen LogP contribution in [0.25, 0.3) is 0 Å². The van der Waals surface area contributed by atoms with E-state index >= 15 is 0 Å². The Morgan fingerprint density at radius 2 is 1.89 bits per heavy atom. The Morgan fingerprint density at radius 3 is 2.44 bits per heavy atom. The molecule has 6 nitrogen and oxygen atoms in total. The number of carboxylic acid groups (broad SMARTS) is 1. The van der Waals surface area contributed by atoms with Gasteiger partial charge in [0.25, 0.3) is 0 Å². The van der Waals surface area contributed by atoms with E-state index in [4.69, 9.17) is 10.2 Å². The summed E-state index contributed by atoms with van der Waals surface area (Å²) in [5.74, 6) is -0.449. The van der Waals surface area contributed by atoms with Crippen molar-refractivity contribution in [2.24, 2.45) is 0 Å². The summed E-state index contributed by atoms with van der Waals surface area (Å²) >= 11 is 0. The smallest absolute Gasteiger partial charge is 0.405 e. The average Bonchev–Trinajstić information content (AvgIpc) is 2.36. The number of carbonyl (C=O) groups is 2. The molecule has 0 heterocycles. The third-order valence-corrected chi connectivity index (χ3v) is 2.31. The molecule has 1 aromatic carbocycles. The largest absolute Gasteiger partial charge is 0.465 e. The van der Waals surface area contributed by atoms with Crippen LogP contribution in [0.15, 0.2) is 30.3 Å². The minimum Gasteiger partial charge on any atom is -0.465 e. The maximum atomic E-state index is 11.7. The molecule has 0 radical (unpaired) electrons. The summed E-state index contributed by atoms with van der Waals surface area (Å²) in [7, 11) is 0. The molecule has 0 bridgehead atoms. The number of aliphatic hydroxyl groups excluding tert-OH is 1. The number of aliphatic hydroxyl groups is 1. The zero-order valence-electron chi connectivity index (χ0n) is 9.80. The van der Waals surface area contributed by atoms with Gasteiger partial charge in [-0.3, -0.25) is 4.79 Å².